The highest BCUT2D eigenvalue weighted by Gasteiger charge is 2.24. The Bertz CT molecular complexity index is 1310. The molecule has 2 aromatic carbocycles. The lowest BCUT2D eigenvalue weighted by Gasteiger charge is -2.13. The van der Waals surface area contributed by atoms with Gasteiger partial charge in [0.2, 0.25) is 5.88 Å². The van der Waals surface area contributed by atoms with Crippen molar-refractivity contribution in [3.8, 4) is 11.9 Å². The summed E-state index contributed by atoms with van der Waals surface area (Å²) in [5.41, 5.74) is 2.85. The predicted molar refractivity (Wildman–Crippen MR) is 114 cm³/mol. The van der Waals surface area contributed by atoms with Crippen LogP contribution in [0.1, 0.15) is 16.8 Å². The van der Waals surface area contributed by atoms with Gasteiger partial charge in [0.25, 0.3) is 10.0 Å². The summed E-state index contributed by atoms with van der Waals surface area (Å²) >= 11 is 0. The molecule has 0 bridgehead atoms. The Labute approximate surface area is 175 Å². The SMILES string of the molecule is COc1ncc(Cc2cc3ccccc3n2S(=O)(=O)c2ccc(C)cc2)c(OC)n1. The third-order valence-corrected chi connectivity index (χ3v) is 6.63. The maximum atomic E-state index is 13.6. The fourth-order valence-corrected chi connectivity index (χ4v) is 4.92. The molecule has 4 aromatic rings. The molecule has 0 aliphatic heterocycles. The van der Waals surface area contributed by atoms with E-state index in [0.29, 0.717) is 22.7 Å². The van der Waals surface area contributed by atoms with Gasteiger partial charge in [-0.15, -0.1) is 0 Å². The zero-order valence-corrected chi connectivity index (χ0v) is 17.7. The van der Waals surface area contributed by atoms with Crippen molar-refractivity contribution in [3.63, 3.8) is 0 Å². The molecule has 0 saturated carbocycles. The van der Waals surface area contributed by atoms with Gasteiger partial charge in [0, 0.05) is 29.3 Å². The van der Waals surface area contributed by atoms with Crippen LogP contribution in [0.3, 0.4) is 0 Å². The number of rotatable bonds is 6. The molecular formula is C22H21N3O4S. The van der Waals surface area contributed by atoms with Gasteiger partial charge in [-0.1, -0.05) is 35.9 Å². The first-order valence-corrected chi connectivity index (χ1v) is 10.7. The van der Waals surface area contributed by atoms with Crippen LogP contribution in [0.2, 0.25) is 0 Å². The van der Waals surface area contributed by atoms with E-state index in [-0.39, 0.29) is 17.3 Å². The van der Waals surface area contributed by atoms with Gasteiger partial charge in [-0.05, 0) is 31.2 Å². The van der Waals surface area contributed by atoms with Crippen LogP contribution in [-0.4, -0.2) is 36.6 Å². The first-order valence-electron chi connectivity index (χ1n) is 9.29. The fourth-order valence-electron chi connectivity index (χ4n) is 3.38. The second-order valence-corrected chi connectivity index (χ2v) is 8.63. The number of para-hydroxylation sites is 1. The lowest BCUT2D eigenvalue weighted by molar-refractivity contribution is 0.349. The average molecular weight is 423 g/mol. The highest BCUT2D eigenvalue weighted by atomic mass is 32.2. The molecule has 0 spiro atoms. The molecule has 154 valence electrons. The summed E-state index contributed by atoms with van der Waals surface area (Å²) in [4.78, 5) is 8.58. The van der Waals surface area contributed by atoms with Crippen LogP contribution in [0.15, 0.2) is 65.7 Å². The third kappa shape index (κ3) is 3.50. The van der Waals surface area contributed by atoms with Crippen LogP contribution < -0.4 is 9.47 Å². The molecule has 0 atom stereocenters. The van der Waals surface area contributed by atoms with Crippen LogP contribution in [0.4, 0.5) is 0 Å². The molecule has 4 rings (SSSR count). The first kappa shape index (κ1) is 19.9. The van der Waals surface area contributed by atoms with Crippen molar-refractivity contribution in [1.29, 1.82) is 0 Å². The molecule has 8 heteroatoms. The van der Waals surface area contributed by atoms with E-state index in [2.05, 4.69) is 9.97 Å². The number of hydrogen-bond donors (Lipinski definition) is 0. The molecule has 30 heavy (non-hydrogen) atoms. The number of aryl methyl sites for hydroxylation is 1. The minimum absolute atomic E-state index is 0.184. The van der Waals surface area contributed by atoms with Gasteiger partial charge in [0.05, 0.1) is 24.6 Å². The lowest BCUT2D eigenvalue weighted by atomic mass is 10.2. The Balaban J connectivity index is 1.89. The third-order valence-electron chi connectivity index (χ3n) is 4.85. The van der Waals surface area contributed by atoms with Crippen LogP contribution in [0.25, 0.3) is 10.9 Å². The predicted octanol–water partition coefficient (Wildman–Crippen LogP) is 3.58. The van der Waals surface area contributed by atoms with Crippen molar-refractivity contribution >= 4 is 20.9 Å². The van der Waals surface area contributed by atoms with Crippen molar-refractivity contribution in [2.24, 2.45) is 0 Å². The molecule has 7 nitrogen and oxygen atoms in total. The number of methoxy groups -OCH3 is 2. The van der Waals surface area contributed by atoms with E-state index in [1.807, 2.05) is 31.2 Å². The van der Waals surface area contributed by atoms with Crippen LogP contribution in [0.5, 0.6) is 11.9 Å². The van der Waals surface area contributed by atoms with Crippen molar-refractivity contribution in [1.82, 2.24) is 13.9 Å². The highest BCUT2D eigenvalue weighted by Crippen LogP contribution is 2.29. The Morgan fingerprint density at radius 3 is 2.43 bits per heavy atom. The largest absolute Gasteiger partial charge is 0.481 e. The minimum Gasteiger partial charge on any atom is -0.481 e. The number of aromatic nitrogens is 3. The van der Waals surface area contributed by atoms with E-state index < -0.39 is 10.0 Å². The van der Waals surface area contributed by atoms with E-state index in [0.717, 1.165) is 10.9 Å². The van der Waals surface area contributed by atoms with Gasteiger partial charge in [-0.2, -0.15) is 4.98 Å². The molecule has 0 N–H and O–H groups in total. The van der Waals surface area contributed by atoms with E-state index in [9.17, 15) is 8.42 Å². The number of benzene rings is 2. The number of hydrogen-bond acceptors (Lipinski definition) is 6. The second kappa shape index (κ2) is 7.79. The molecule has 0 saturated heterocycles. The summed E-state index contributed by atoms with van der Waals surface area (Å²) in [7, 11) is -0.835. The Morgan fingerprint density at radius 1 is 1.00 bits per heavy atom. The number of fused-ring (bicyclic) bond motifs is 1. The molecule has 2 aromatic heterocycles. The summed E-state index contributed by atoms with van der Waals surface area (Å²) in [6, 6.07) is 16.3. The van der Waals surface area contributed by atoms with Crippen molar-refractivity contribution in [3.05, 3.63) is 77.6 Å². The van der Waals surface area contributed by atoms with Crippen molar-refractivity contribution in [2.75, 3.05) is 14.2 Å². The quantitative estimate of drug-likeness (QED) is 0.471. The van der Waals surface area contributed by atoms with Gasteiger partial charge < -0.3 is 9.47 Å². The van der Waals surface area contributed by atoms with Gasteiger partial charge in [0.15, 0.2) is 0 Å². The smallest absolute Gasteiger partial charge is 0.319 e. The normalized spacial score (nSPS) is 11.6. The maximum Gasteiger partial charge on any atom is 0.319 e. The molecule has 0 radical (unpaired) electrons. The maximum absolute atomic E-state index is 13.6. The van der Waals surface area contributed by atoms with Gasteiger partial charge >= 0.3 is 6.01 Å². The molecule has 0 unspecified atom stereocenters. The second-order valence-electron chi connectivity index (χ2n) is 6.84. The molecule has 0 amide bonds. The van der Waals surface area contributed by atoms with Crippen LogP contribution >= 0.6 is 0 Å². The van der Waals surface area contributed by atoms with Gasteiger partial charge in [-0.3, -0.25) is 0 Å². The number of nitrogens with zero attached hydrogens (tertiary/aromatic N) is 3. The highest BCUT2D eigenvalue weighted by molar-refractivity contribution is 7.90. The average Bonchev–Trinajstić information content (AvgIpc) is 3.13. The van der Waals surface area contributed by atoms with Crippen molar-refractivity contribution < 1.29 is 17.9 Å². The molecular weight excluding hydrogens is 402 g/mol. The van der Waals surface area contributed by atoms with Gasteiger partial charge in [-0.25, -0.2) is 17.4 Å². The van der Waals surface area contributed by atoms with Gasteiger partial charge in [0.1, 0.15) is 0 Å². The lowest BCUT2D eigenvalue weighted by Crippen LogP contribution is -2.16. The molecule has 2 heterocycles. The van der Waals surface area contributed by atoms with Crippen LogP contribution in [-0.2, 0) is 16.4 Å². The first-order chi connectivity index (χ1) is 14.4. The Kier molecular flexibility index (Phi) is 5.17. The molecule has 0 aliphatic rings. The summed E-state index contributed by atoms with van der Waals surface area (Å²) in [6.07, 6.45) is 1.86. The summed E-state index contributed by atoms with van der Waals surface area (Å²) in [5.74, 6) is 0.339. The van der Waals surface area contributed by atoms with E-state index in [4.69, 9.17) is 9.47 Å². The summed E-state index contributed by atoms with van der Waals surface area (Å²) < 4.78 is 38.9. The summed E-state index contributed by atoms with van der Waals surface area (Å²) in [6.45, 7) is 1.92. The zero-order valence-electron chi connectivity index (χ0n) is 16.9. The van der Waals surface area contributed by atoms with Crippen LogP contribution in [0, 0.1) is 6.92 Å². The Hall–Kier alpha value is -3.39. The Morgan fingerprint density at radius 2 is 1.73 bits per heavy atom. The topological polar surface area (TPSA) is 83.3 Å². The van der Waals surface area contributed by atoms with E-state index >= 15 is 0 Å². The minimum atomic E-state index is -3.81. The monoisotopic (exact) mass is 423 g/mol. The zero-order chi connectivity index (χ0) is 21.3. The molecule has 0 aliphatic carbocycles. The standard InChI is InChI=1S/C22H21N3O4S/c1-15-8-10-19(11-9-15)30(26,27)25-18(12-16-6-4-5-7-20(16)25)13-17-14-23-22(29-3)24-21(17)28-2/h4-12,14H,13H2,1-3H3. The van der Waals surface area contributed by atoms with E-state index in [1.54, 1.807) is 36.5 Å². The van der Waals surface area contributed by atoms with E-state index in [1.165, 1.54) is 18.2 Å². The number of ether oxygens (including phenoxy) is 2. The fraction of sp³-hybridized carbons (Fsp3) is 0.182. The van der Waals surface area contributed by atoms with Crippen molar-refractivity contribution in [2.45, 2.75) is 18.2 Å². The summed E-state index contributed by atoms with van der Waals surface area (Å²) in [5, 5.41) is 0.830. The molecule has 0 fully saturated rings.